The molecule has 0 radical (unpaired) electrons. The van der Waals surface area contributed by atoms with Gasteiger partial charge in [0.15, 0.2) is 17.5 Å². The highest BCUT2D eigenvalue weighted by atomic mass is 127. The van der Waals surface area contributed by atoms with Crippen molar-refractivity contribution in [1.82, 2.24) is 15.5 Å². The van der Waals surface area contributed by atoms with Crippen molar-refractivity contribution < 1.29 is 9.47 Å². The molecule has 0 aromatic heterocycles. The minimum absolute atomic E-state index is 0. The smallest absolute Gasteiger partial charge is 0.191 e. The molecule has 1 aromatic rings. The zero-order valence-corrected chi connectivity index (χ0v) is 20.1. The third-order valence-corrected chi connectivity index (χ3v) is 5.00. The van der Waals surface area contributed by atoms with Crippen LogP contribution in [0.5, 0.6) is 11.5 Å². The summed E-state index contributed by atoms with van der Waals surface area (Å²) in [6.07, 6.45) is 3.79. The number of nitrogens with one attached hydrogen (secondary N) is 2. The quantitative estimate of drug-likeness (QED) is 0.234. The first-order valence-electron chi connectivity index (χ1n) is 10.1. The van der Waals surface area contributed by atoms with E-state index in [1.807, 2.05) is 31.2 Å². The standard InChI is InChI=1S/C21H36N4O2.HI/c1-17-10-14-25(15-11-17)13-7-12-23-21(22-3)24-16-18(2)27-20-9-6-5-8-19(20)26-4;/h5-6,8-9,17-18H,7,10-16H2,1-4H3,(H2,22,23,24);1H. The van der Waals surface area contributed by atoms with Crippen LogP contribution in [-0.4, -0.2) is 63.8 Å². The molecule has 2 N–H and O–H groups in total. The van der Waals surface area contributed by atoms with Crippen LogP contribution in [0.4, 0.5) is 0 Å². The summed E-state index contributed by atoms with van der Waals surface area (Å²) in [4.78, 5) is 6.87. The number of piperidine rings is 1. The number of nitrogens with zero attached hydrogens (tertiary/aromatic N) is 2. The van der Waals surface area contributed by atoms with E-state index in [0.717, 1.165) is 42.9 Å². The normalized spacial score (nSPS) is 16.8. The van der Waals surface area contributed by atoms with E-state index in [4.69, 9.17) is 9.47 Å². The van der Waals surface area contributed by atoms with Crippen molar-refractivity contribution in [2.24, 2.45) is 10.9 Å². The second-order valence-corrected chi connectivity index (χ2v) is 7.34. The molecule has 1 unspecified atom stereocenters. The van der Waals surface area contributed by atoms with Gasteiger partial charge in [0.25, 0.3) is 0 Å². The Morgan fingerprint density at radius 1 is 1.21 bits per heavy atom. The van der Waals surface area contributed by atoms with E-state index >= 15 is 0 Å². The SMILES string of the molecule is CN=C(NCCCN1CCC(C)CC1)NCC(C)Oc1ccccc1OC.I. The van der Waals surface area contributed by atoms with Gasteiger partial charge in [-0.25, -0.2) is 0 Å². The van der Waals surface area contributed by atoms with Crippen LogP contribution < -0.4 is 20.1 Å². The Kier molecular flexibility index (Phi) is 12.3. The van der Waals surface area contributed by atoms with Crippen LogP contribution in [0.1, 0.15) is 33.1 Å². The van der Waals surface area contributed by atoms with Crippen molar-refractivity contribution >= 4 is 29.9 Å². The lowest BCUT2D eigenvalue weighted by molar-refractivity contribution is 0.191. The molecule has 1 fully saturated rings. The zero-order chi connectivity index (χ0) is 19.5. The van der Waals surface area contributed by atoms with Gasteiger partial charge >= 0.3 is 0 Å². The summed E-state index contributed by atoms with van der Waals surface area (Å²) in [5, 5.41) is 6.72. The molecule has 0 amide bonds. The first-order chi connectivity index (χ1) is 13.1. The van der Waals surface area contributed by atoms with Crippen molar-refractivity contribution in [3.8, 4) is 11.5 Å². The fourth-order valence-electron chi connectivity index (χ4n) is 3.23. The Balaban J connectivity index is 0.00000392. The second kappa shape index (κ2) is 13.9. The molecule has 0 spiro atoms. The molecule has 0 bridgehead atoms. The first-order valence-corrected chi connectivity index (χ1v) is 10.1. The van der Waals surface area contributed by atoms with Crippen molar-refractivity contribution in [2.45, 2.75) is 39.2 Å². The van der Waals surface area contributed by atoms with Crippen molar-refractivity contribution in [3.63, 3.8) is 0 Å². The molecule has 1 aliphatic rings. The van der Waals surface area contributed by atoms with Crippen LogP contribution in [-0.2, 0) is 0 Å². The molecule has 160 valence electrons. The number of likely N-dealkylation sites (tertiary alicyclic amines) is 1. The molecule has 2 rings (SSSR count). The van der Waals surface area contributed by atoms with Gasteiger partial charge in [0.1, 0.15) is 6.10 Å². The largest absolute Gasteiger partial charge is 0.493 e. The molecule has 0 saturated carbocycles. The van der Waals surface area contributed by atoms with E-state index in [1.165, 1.54) is 25.9 Å². The van der Waals surface area contributed by atoms with E-state index < -0.39 is 0 Å². The maximum Gasteiger partial charge on any atom is 0.191 e. The maximum atomic E-state index is 5.97. The lowest BCUT2D eigenvalue weighted by atomic mass is 9.99. The van der Waals surface area contributed by atoms with E-state index in [2.05, 4.69) is 27.4 Å². The summed E-state index contributed by atoms with van der Waals surface area (Å²) < 4.78 is 11.3. The van der Waals surface area contributed by atoms with Gasteiger partial charge in [-0.05, 0) is 63.9 Å². The minimum atomic E-state index is -0.00445. The van der Waals surface area contributed by atoms with Crippen molar-refractivity contribution in [1.29, 1.82) is 0 Å². The Morgan fingerprint density at radius 2 is 1.89 bits per heavy atom. The third kappa shape index (κ3) is 8.86. The predicted octanol–water partition coefficient (Wildman–Crippen LogP) is 3.37. The summed E-state index contributed by atoms with van der Waals surface area (Å²) in [5.41, 5.74) is 0. The lowest BCUT2D eigenvalue weighted by Crippen LogP contribution is -2.43. The number of halogens is 1. The third-order valence-electron chi connectivity index (χ3n) is 5.00. The zero-order valence-electron chi connectivity index (χ0n) is 17.7. The number of rotatable bonds is 9. The molecule has 28 heavy (non-hydrogen) atoms. The van der Waals surface area contributed by atoms with Gasteiger partial charge in [0, 0.05) is 13.6 Å². The van der Waals surface area contributed by atoms with Crippen LogP contribution >= 0.6 is 24.0 Å². The predicted molar refractivity (Wildman–Crippen MR) is 127 cm³/mol. The van der Waals surface area contributed by atoms with Crippen molar-refractivity contribution in [3.05, 3.63) is 24.3 Å². The Bertz CT molecular complexity index is 577. The van der Waals surface area contributed by atoms with E-state index in [9.17, 15) is 0 Å². The molecule has 6 nitrogen and oxygen atoms in total. The topological polar surface area (TPSA) is 58.1 Å². The van der Waals surface area contributed by atoms with Crippen LogP contribution in [0.3, 0.4) is 0 Å². The number of para-hydroxylation sites is 2. The van der Waals surface area contributed by atoms with Gasteiger partial charge in [0.2, 0.25) is 0 Å². The summed E-state index contributed by atoms with van der Waals surface area (Å²) in [7, 11) is 3.45. The molecule has 1 aliphatic heterocycles. The summed E-state index contributed by atoms with van der Waals surface area (Å²) >= 11 is 0. The molecular weight excluding hydrogens is 467 g/mol. The summed E-state index contributed by atoms with van der Waals surface area (Å²) in [6, 6.07) is 7.70. The summed E-state index contributed by atoms with van der Waals surface area (Å²) in [6.45, 7) is 9.62. The maximum absolute atomic E-state index is 5.97. The number of ether oxygens (including phenoxy) is 2. The van der Waals surface area contributed by atoms with E-state index in [0.29, 0.717) is 6.54 Å². The fourth-order valence-corrected chi connectivity index (χ4v) is 3.23. The van der Waals surface area contributed by atoms with Gasteiger partial charge in [-0.15, -0.1) is 24.0 Å². The average Bonchev–Trinajstić information content (AvgIpc) is 2.69. The highest BCUT2D eigenvalue weighted by molar-refractivity contribution is 14.0. The van der Waals surface area contributed by atoms with Gasteiger partial charge in [-0.2, -0.15) is 0 Å². The number of aliphatic imine (C=N–C) groups is 1. The monoisotopic (exact) mass is 504 g/mol. The van der Waals surface area contributed by atoms with Gasteiger partial charge in [-0.3, -0.25) is 4.99 Å². The first kappa shape index (κ1) is 24.8. The second-order valence-electron chi connectivity index (χ2n) is 7.34. The Labute approximate surface area is 187 Å². The molecule has 7 heteroatoms. The number of benzene rings is 1. The van der Waals surface area contributed by atoms with Gasteiger partial charge in [0.05, 0.1) is 13.7 Å². The number of hydrogen-bond donors (Lipinski definition) is 2. The number of guanidine groups is 1. The summed E-state index contributed by atoms with van der Waals surface area (Å²) in [5.74, 6) is 3.22. The number of methoxy groups -OCH3 is 1. The molecule has 0 aliphatic carbocycles. The van der Waals surface area contributed by atoms with Crippen LogP contribution in [0.15, 0.2) is 29.3 Å². The van der Waals surface area contributed by atoms with Crippen LogP contribution in [0.2, 0.25) is 0 Å². The van der Waals surface area contributed by atoms with E-state index in [1.54, 1.807) is 14.2 Å². The molecule has 1 aromatic carbocycles. The lowest BCUT2D eigenvalue weighted by Gasteiger charge is -2.30. The van der Waals surface area contributed by atoms with E-state index in [-0.39, 0.29) is 30.1 Å². The highest BCUT2D eigenvalue weighted by Gasteiger charge is 2.15. The van der Waals surface area contributed by atoms with Gasteiger partial charge in [-0.1, -0.05) is 19.1 Å². The molecular formula is C21H37IN4O2. The number of hydrogen-bond acceptors (Lipinski definition) is 4. The van der Waals surface area contributed by atoms with Crippen LogP contribution in [0, 0.1) is 5.92 Å². The van der Waals surface area contributed by atoms with Crippen LogP contribution in [0.25, 0.3) is 0 Å². The minimum Gasteiger partial charge on any atom is -0.493 e. The fraction of sp³-hybridized carbons (Fsp3) is 0.667. The molecule has 1 atom stereocenters. The highest BCUT2D eigenvalue weighted by Crippen LogP contribution is 2.26. The average molecular weight is 504 g/mol. The van der Waals surface area contributed by atoms with Crippen molar-refractivity contribution in [2.75, 3.05) is 46.9 Å². The molecule has 1 saturated heterocycles. The Morgan fingerprint density at radius 3 is 2.54 bits per heavy atom. The Hall–Kier alpha value is -1.22. The van der Waals surface area contributed by atoms with Gasteiger partial charge < -0.3 is 25.0 Å². The molecule has 1 heterocycles.